The van der Waals surface area contributed by atoms with Crippen molar-refractivity contribution in [3.63, 3.8) is 0 Å². The molecule has 35 heavy (non-hydrogen) atoms. The van der Waals surface area contributed by atoms with Gasteiger partial charge < -0.3 is 5.32 Å². The Kier molecular flexibility index (Phi) is 7.15. The van der Waals surface area contributed by atoms with Gasteiger partial charge in [-0.25, -0.2) is 12.8 Å². The third kappa shape index (κ3) is 5.50. The summed E-state index contributed by atoms with van der Waals surface area (Å²) >= 11 is 6.05. The predicted octanol–water partition coefficient (Wildman–Crippen LogP) is 3.67. The second kappa shape index (κ2) is 10.1. The normalized spacial score (nSPS) is 15.1. The maximum absolute atomic E-state index is 14.0. The molecule has 1 aliphatic rings. The molecule has 4 rings (SSSR count). The van der Waals surface area contributed by atoms with Crippen LogP contribution in [0.1, 0.15) is 18.4 Å². The van der Waals surface area contributed by atoms with Crippen LogP contribution in [0.2, 0.25) is 5.02 Å². The summed E-state index contributed by atoms with van der Waals surface area (Å²) in [7, 11) is -3.82. The van der Waals surface area contributed by atoms with Gasteiger partial charge in [-0.05, 0) is 37.1 Å². The van der Waals surface area contributed by atoms with Gasteiger partial charge in [0.25, 0.3) is 5.69 Å². The summed E-state index contributed by atoms with van der Waals surface area (Å²) < 4.78 is 42.4. The van der Waals surface area contributed by atoms with Crippen LogP contribution in [0.3, 0.4) is 0 Å². The second-order valence-corrected chi connectivity index (χ2v) is 10.4. The van der Waals surface area contributed by atoms with E-state index in [1.807, 2.05) is 0 Å². The minimum absolute atomic E-state index is 0.0357. The summed E-state index contributed by atoms with van der Waals surface area (Å²) in [4.78, 5) is 22.9. The first-order valence-electron chi connectivity index (χ1n) is 10.7. The van der Waals surface area contributed by atoms with Crippen molar-refractivity contribution in [2.45, 2.75) is 24.3 Å². The molecule has 10 nitrogen and oxygen atoms in total. The number of hydrogen-bond donors (Lipinski definition) is 1. The Bertz CT molecular complexity index is 1330. The largest absolute Gasteiger partial charge is 0.309 e. The molecule has 0 unspecified atom stereocenters. The molecule has 0 atom stereocenters. The van der Waals surface area contributed by atoms with Crippen LogP contribution in [0, 0.1) is 21.8 Å². The van der Waals surface area contributed by atoms with Gasteiger partial charge in [0.05, 0.1) is 16.4 Å². The molecule has 2 aromatic carbocycles. The number of non-ortho nitro benzene ring substituents is 1. The number of nitrogens with zero attached hydrogens (tertiary/aromatic N) is 4. The van der Waals surface area contributed by atoms with Crippen molar-refractivity contribution in [3.05, 3.63) is 81.2 Å². The molecule has 1 amide bonds. The number of benzene rings is 2. The van der Waals surface area contributed by atoms with Crippen LogP contribution < -0.4 is 5.32 Å². The van der Waals surface area contributed by atoms with Crippen LogP contribution in [0.4, 0.5) is 15.9 Å². The zero-order chi connectivity index (χ0) is 25.2. The number of amides is 1. The Balaban J connectivity index is 1.34. The third-order valence-corrected chi connectivity index (χ3v) is 8.05. The number of sulfonamides is 1. The number of carbonyl (C=O) groups excluding carboxylic acids is 1. The van der Waals surface area contributed by atoms with Crippen LogP contribution in [0.5, 0.6) is 0 Å². The standard InChI is InChI=1S/C22H21ClFN5O5S/c23-19-2-1-3-20(24)18(19)14-27-11-10-21(26-27)25-22(30)15-8-12-28(13-9-15)35(33,34)17-6-4-16(5-7-17)29(31)32/h1-7,10-11,15H,8-9,12-14H2,(H,25,26,30). The number of hydrogen-bond acceptors (Lipinski definition) is 6. The van der Waals surface area contributed by atoms with Crippen LogP contribution >= 0.6 is 11.6 Å². The first-order chi connectivity index (χ1) is 16.6. The topological polar surface area (TPSA) is 127 Å². The predicted molar refractivity (Wildman–Crippen MR) is 126 cm³/mol. The van der Waals surface area contributed by atoms with E-state index in [9.17, 15) is 27.7 Å². The molecular formula is C22H21ClFN5O5S. The van der Waals surface area contributed by atoms with E-state index in [4.69, 9.17) is 11.6 Å². The minimum atomic E-state index is -3.82. The van der Waals surface area contributed by atoms with Gasteiger partial charge in [0.15, 0.2) is 5.82 Å². The molecule has 0 spiro atoms. The average molecular weight is 522 g/mol. The van der Waals surface area contributed by atoms with E-state index in [0.717, 1.165) is 12.1 Å². The van der Waals surface area contributed by atoms with Gasteiger partial charge in [-0.15, -0.1) is 0 Å². The van der Waals surface area contributed by atoms with Crippen molar-refractivity contribution < 1.29 is 22.5 Å². The number of rotatable bonds is 7. The van der Waals surface area contributed by atoms with Crippen molar-refractivity contribution in [1.82, 2.24) is 14.1 Å². The van der Waals surface area contributed by atoms with E-state index in [1.54, 1.807) is 18.3 Å². The fourth-order valence-corrected chi connectivity index (χ4v) is 5.53. The first-order valence-corrected chi connectivity index (χ1v) is 12.5. The Morgan fingerprint density at radius 3 is 2.49 bits per heavy atom. The van der Waals surface area contributed by atoms with Crippen LogP contribution in [0.25, 0.3) is 0 Å². The lowest BCUT2D eigenvalue weighted by Crippen LogP contribution is -2.41. The monoisotopic (exact) mass is 521 g/mol. The first kappa shape index (κ1) is 24.8. The molecule has 0 saturated carbocycles. The number of carbonyl (C=O) groups is 1. The molecule has 2 heterocycles. The molecule has 13 heteroatoms. The molecule has 0 bridgehead atoms. The molecule has 1 aromatic heterocycles. The highest BCUT2D eigenvalue weighted by Crippen LogP contribution is 2.26. The lowest BCUT2D eigenvalue weighted by molar-refractivity contribution is -0.384. The van der Waals surface area contributed by atoms with Crippen molar-refractivity contribution in [1.29, 1.82) is 0 Å². The summed E-state index contributed by atoms with van der Waals surface area (Å²) in [5, 5.41) is 18.0. The summed E-state index contributed by atoms with van der Waals surface area (Å²) in [5.74, 6) is -0.853. The molecule has 0 aliphatic carbocycles. The van der Waals surface area contributed by atoms with Crippen LogP contribution in [0.15, 0.2) is 59.6 Å². The number of nitrogens with one attached hydrogen (secondary N) is 1. The van der Waals surface area contributed by atoms with Gasteiger partial charge in [0, 0.05) is 54.0 Å². The fourth-order valence-electron chi connectivity index (χ4n) is 3.84. The minimum Gasteiger partial charge on any atom is -0.309 e. The van der Waals surface area contributed by atoms with Crippen molar-refractivity contribution >= 4 is 39.0 Å². The zero-order valence-electron chi connectivity index (χ0n) is 18.3. The number of aromatic nitrogens is 2. The Labute approximate surface area is 205 Å². The van der Waals surface area contributed by atoms with Gasteiger partial charge in [-0.2, -0.15) is 9.40 Å². The van der Waals surface area contributed by atoms with Gasteiger partial charge in [-0.1, -0.05) is 17.7 Å². The SMILES string of the molecule is O=C(Nc1ccn(Cc2c(F)cccc2Cl)n1)C1CCN(S(=O)(=O)c2ccc([N+](=O)[O-])cc2)CC1. The van der Waals surface area contributed by atoms with E-state index in [0.29, 0.717) is 18.7 Å². The maximum Gasteiger partial charge on any atom is 0.269 e. The quantitative estimate of drug-likeness (QED) is 0.373. The lowest BCUT2D eigenvalue weighted by atomic mass is 9.97. The third-order valence-electron chi connectivity index (χ3n) is 5.78. The van der Waals surface area contributed by atoms with E-state index in [2.05, 4.69) is 10.4 Å². The van der Waals surface area contributed by atoms with Gasteiger partial charge in [0.2, 0.25) is 15.9 Å². The van der Waals surface area contributed by atoms with E-state index >= 15 is 0 Å². The highest BCUT2D eigenvalue weighted by atomic mass is 35.5. The van der Waals surface area contributed by atoms with Crippen molar-refractivity contribution in [2.75, 3.05) is 18.4 Å². The Morgan fingerprint density at radius 1 is 1.17 bits per heavy atom. The fraction of sp³-hybridized carbons (Fsp3) is 0.273. The molecule has 1 saturated heterocycles. The summed E-state index contributed by atoms with van der Waals surface area (Å²) in [5.41, 5.74) is 0.0931. The van der Waals surface area contributed by atoms with E-state index < -0.39 is 26.7 Å². The molecular weight excluding hydrogens is 501 g/mol. The lowest BCUT2D eigenvalue weighted by Gasteiger charge is -2.30. The smallest absolute Gasteiger partial charge is 0.269 e. The number of halogens is 2. The Hall–Kier alpha value is -3.35. The van der Waals surface area contributed by atoms with Crippen molar-refractivity contribution in [3.8, 4) is 0 Å². The molecule has 1 aliphatic heterocycles. The highest BCUT2D eigenvalue weighted by molar-refractivity contribution is 7.89. The molecule has 1 fully saturated rings. The molecule has 184 valence electrons. The van der Waals surface area contributed by atoms with Crippen LogP contribution in [-0.2, 0) is 21.4 Å². The number of nitro benzene ring substituents is 1. The number of piperidine rings is 1. The van der Waals surface area contributed by atoms with Gasteiger partial charge in [-0.3, -0.25) is 19.6 Å². The summed E-state index contributed by atoms with van der Waals surface area (Å²) in [6.45, 7) is 0.371. The van der Waals surface area contributed by atoms with E-state index in [-0.39, 0.29) is 46.7 Å². The summed E-state index contributed by atoms with van der Waals surface area (Å²) in [6.07, 6.45) is 2.21. The summed E-state index contributed by atoms with van der Waals surface area (Å²) in [6, 6.07) is 10.7. The molecule has 1 N–H and O–H groups in total. The highest BCUT2D eigenvalue weighted by Gasteiger charge is 2.32. The number of nitro groups is 1. The maximum atomic E-state index is 14.0. The number of anilines is 1. The Morgan fingerprint density at radius 2 is 1.86 bits per heavy atom. The zero-order valence-corrected chi connectivity index (χ0v) is 19.9. The molecule has 0 radical (unpaired) electrons. The molecule has 3 aromatic rings. The average Bonchev–Trinajstić information content (AvgIpc) is 3.28. The van der Waals surface area contributed by atoms with E-state index in [1.165, 1.54) is 33.3 Å². The second-order valence-electron chi connectivity index (χ2n) is 8.02. The van der Waals surface area contributed by atoms with Gasteiger partial charge in [0.1, 0.15) is 5.82 Å². The van der Waals surface area contributed by atoms with Crippen LogP contribution in [-0.4, -0.2) is 46.4 Å². The van der Waals surface area contributed by atoms with Gasteiger partial charge >= 0.3 is 0 Å². The van der Waals surface area contributed by atoms with Crippen molar-refractivity contribution in [2.24, 2.45) is 5.92 Å².